The molecule has 0 saturated heterocycles. The lowest BCUT2D eigenvalue weighted by molar-refractivity contribution is 0.477. The van der Waals surface area contributed by atoms with Gasteiger partial charge in [-0.05, 0) is 13.3 Å². The highest BCUT2D eigenvalue weighted by Crippen LogP contribution is 2.09. The summed E-state index contributed by atoms with van der Waals surface area (Å²) in [5, 5.41) is 0. The van der Waals surface area contributed by atoms with Gasteiger partial charge in [0.05, 0.1) is 0 Å². The Morgan fingerprint density at radius 2 is 2.21 bits per heavy atom. The van der Waals surface area contributed by atoms with Crippen molar-refractivity contribution in [2.24, 2.45) is 0 Å². The van der Waals surface area contributed by atoms with Crippen LogP contribution in [0.5, 0.6) is 0 Å². The van der Waals surface area contributed by atoms with Crippen LogP contribution in [0.4, 0.5) is 5.69 Å². The second kappa shape index (κ2) is 4.13. The predicted molar refractivity (Wildman–Crippen MR) is 55.4 cm³/mol. The number of H-pyrrole nitrogens is 1. The van der Waals surface area contributed by atoms with Crippen LogP contribution in [-0.2, 0) is 0 Å². The Bertz CT molecular complexity index is 419. The van der Waals surface area contributed by atoms with E-state index < -0.39 is 11.2 Å². The second-order valence-corrected chi connectivity index (χ2v) is 3.39. The fourth-order valence-electron chi connectivity index (χ4n) is 1.39. The van der Waals surface area contributed by atoms with E-state index in [0.29, 0.717) is 0 Å². The van der Waals surface area contributed by atoms with E-state index >= 15 is 0 Å². The molecule has 1 atom stereocenters. The Balaban J connectivity index is 3.16. The minimum Gasteiger partial charge on any atom is -0.393 e. The molecule has 0 aliphatic rings. The topological polar surface area (TPSA) is 80.9 Å². The lowest BCUT2D eigenvalue weighted by atomic mass is 10.2. The average molecular weight is 197 g/mol. The van der Waals surface area contributed by atoms with Crippen LogP contribution in [-0.4, -0.2) is 9.55 Å². The lowest BCUT2D eigenvalue weighted by Crippen LogP contribution is -2.32. The first-order valence-corrected chi connectivity index (χ1v) is 4.67. The number of nitrogens with two attached hydrogens (primary N) is 1. The molecular formula is C9H15N3O2. The molecule has 0 bridgehead atoms. The van der Waals surface area contributed by atoms with Crippen LogP contribution in [0.1, 0.15) is 32.7 Å². The zero-order valence-corrected chi connectivity index (χ0v) is 8.41. The number of anilines is 1. The number of aromatic nitrogens is 2. The number of hydrogen-bond acceptors (Lipinski definition) is 3. The fraction of sp³-hybridized carbons (Fsp3) is 0.556. The summed E-state index contributed by atoms with van der Waals surface area (Å²) in [4.78, 5) is 24.5. The summed E-state index contributed by atoms with van der Waals surface area (Å²) < 4.78 is 1.46. The highest BCUT2D eigenvalue weighted by molar-refractivity contribution is 5.30. The van der Waals surface area contributed by atoms with Crippen LogP contribution in [0, 0.1) is 0 Å². The summed E-state index contributed by atoms with van der Waals surface area (Å²) >= 11 is 0. The SMILES string of the molecule is CCCC(C)n1cc(N)c(=O)[nH]c1=O. The quantitative estimate of drug-likeness (QED) is 0.739. The zero-order valence-electron chi connectivity index (χ0n) is 8.41. The maximum absolute atomic E-state index is 11.4. The molecule has 0 fully saturated rings. The Morgan fingerprint density at radius 3 is 2.79 bits per heavy atom. The van der Waals surface area contributed by atoms with Crippen LogP contribution in [0.25, 0.3) is 0 Å². The minimum atomic E-state index is -0.519. The molecule has 1 heterocycles. The monoisotopic (exact) mass is 197 g/mol. The van der Waals surface area contributed by atoms with Crippen molar-refractivity contribution in [2.45, 2.75) is 32.7 Å². The maximum atomic E-state index is 11.4. The molecule has 0 aliphatic heterocycles. The van der Waals surface area contributed by atoms with Crippen molar-refractivity contribution in [3.63, 3.8) is 0 Å². The molecule has 5 heteroatoms. The Kier molecular flexibility index (Phi) is 3.11. The number of hydrogen-bond donors (Lipinski definition) is 2. The van der Waals surface area contributed by atoms with Gasteiger partial charge in [-0.3, -0.25) is 14.3 Å². The van der Waals surface area contributed by atoms with Gasteiger partial charge in [0, 0.05) is 12.2 Å². The van der Waals surface area contributed by atoms with E-state index in [2.05, 4.69) is 4.98 Å². The molecule has 1 unspecified atom stereocenters. The van der Waals surface area contributed by atoms with E-state index in [0.717, 1.165) is 12.8 Å². The molecule has 0 aromatic carbocycles. The predicted octanol–water partition coefficient (Wildman–Crippen LogP) is 0.480. The summed E-state index contributed by atoms with van der Waals surface area (Å²) in [6.45, 7) is 3.96. The van der Waals surface area contributed by atoms with Crippen molar-refractivity contribution in [3.8, 4) is 0 Å². The maximum Gasteiger partial charge on any atom is 0.328 e. The van der Waals surface area contributed by atoms with Gasteiger partial charge in [0.15, 0.2) is 0 Å². The minimum absolute atomic E-state index is 0.0617. The van der Waals surface area contributed by atoms with Gasteiger partial charge in [-0.25, -0.2) is 4.79 Å². The van der Waals surface area contributed by atoms with Crippen molar-refractivity contribution in [2.75, 3.05) is 5.73 Å². The van der Waals surface area contributed by atoms with Gasteiger partial charge in [-0.15, -0.1) is 0 Å². The molecule has 0 saturated carbocycles. The smallest absolute Gasteiger partial charge is 0.328 e. The van der Waals surface area contributed by atoms with Crippen molar-refractivity contribution in [3.05, 3.63) is 27.0 Å². The fourth-order valence-corrected chi connectivity index (χ4v) is 1.39. The highest BCUT2D eigenvalue weighted by atomic mass is 16.2. The molecular weight excluding hydrogens is 182 g/mol. The summed E-state index contributed by atoms with van der Waals surface area (Å²) in [6, 6.07) is 0.0617. The van der Waals surface area contributed by atoms with Crippen molar-refractivity contribution in [1.82, 2.24) is 9.55 Å². The standard InChI is InChI=1S/C9H15N3O2/c1-3-4-6(2)12-5-7(10)8(13)11-9(12)14/h5-6H,3-4,10H2,1-2H3,(H,11,13,14). The van der Waals surface area contributed by atoms with E-state index in [-0.39, 0.29) is 11.7 Å². The van der Waals surface area contributed by atoms with E-state index in [9.17, 15) is 9.59 Å². The lowest BCUT2D eigenvalue weighted by Gasteiger charge is -2.13. The molecule has 5 nitrogen and oxygen atoms in total. The molecule has 78 valence electrons. The molecule has 1 aromatic rings. The van der Waals surface area contributed by atoms with E-state index in [4.69, 9.17) is 5.73 Å². The van der Waals surface area contributed by atoms with Gasteiger partial charge in [0.1, 0.15) is 5.69 Å². The third kappa shape index (κ3) is 2.04. The molecule has 3 N–H and O–H groups in total. The molecule has 0 spiro atoms. The van der Waals surface area contributed by atoms with Gasteiger partial charge in [0.2, 0.25) is 0 Å². The Labute approximate surface area is 81.6 Å². The third-order valence-corrected chi connectivity index (χ3v) is 2.18. The highest BCUT2D eigenvalue weighted by Gasteiger charge is 2.07. The molecule has 0 amide bonds. The van der Waals surface area contributed by atoms with Gasteiger partial charge < -0.3 is 5.73 Å². The zero-order chi connectivity index (χ0) is 10.7. The first-order chi connectivity index (χ1) is 6.56. The largest absolute Gasteiger partial charge is 0.393 e. The van der Waals surface area contributed by atoms with Crippen LogP contribution in [0.3, 0.4) is 0 Å². The number of nitrogen functional groups attached to an aromatic ring is 1. The normalized spacial score (nSPS) is 12.7. The van der Waals surface area contributed by atoms with Crippen LogP contribution >= 0.6 is 0 Å². The Hall–Kier alpha value is -1.52. The molecule has 0 radical (unpaired) electrons. The third-order valence-electron chi connectivity index (χ3n) is 2.18. The van der Waals surface area contributed by atoms with Crippen LogP contribution in [0.2, 0.25) is 0 Å². The summed E-state index contributed by atoms with van der Waals surface area (Å²) in [5.74, 6) is 0. The Morgan fingerprint density at radius 1 is 1.57 bits per heavy atom. The van der Waals surface area contributed by atoms with Gasteiger partial charge in [-0.1, -0.05) is 13.3 Å². The molecule has 14 heavy (non-hydrogen) atoms. The number of nitrogens with one attached hydrogen (secondary N) is 1. The average Bonchev–Trinajstić information content (AvgIpc) is 2.11. The summed E-state index contributed by atoms with van der Waals surface area (Å²) in [7, 11) is 0. The van der Waals surface area contributed by atoms with Crippen LogP contribution in [0.15, 0.2) is 15.8 Å². The van der Waals surface area contributed by atoms with E-state index in [1.807, 2.05) is 13.8 Å². The van der Waals surface area contributed by atoms with Gasteiger partial charge in [0.25, 0.3) is 5.56 Å². The molecule has 1 rings (SSSR count). The number of nitrogens with zero attached hydrogens (tertiary/aromatic N) is 1. The van der Waals surface area contributed by atoms with Crippen molar-refractivity contribution < 1.29 is 0 Å². The summed E-state index contributed by atoms with van der Waals surface area (Å²) in [5.41, 5.74) is 4.58. The van der Waals surface area contributed by atoms with Crippen LogP contribution < -0.4 is 17.0 Å². The van der Waals surface area contributed by atoms with Gasteiger partial charge in [-0.2, -0.15) is 0 Å². The molecule has 0 aliphatic carbocycles. The first-order valence-electron chi connectivity index (χ1n) is 4.67. The van der Waals surface area contributed by atoms with Crippen molar-refractivity contribution in [1.29, 1.82) is 0 Å². The first kappa shape index (κ1) is 10.6. The summed E-state index contributed by atoms with van der Waals surface area (Å²) in [6.07, 6.45) is 3.26. The van der Waals surface area contributed by atoms with E-state index in [1.54, 1.807) is 0 Å². The number of rotatable bonds is 3. The molecule has 1 aromatic heterocycles. The van der Waals surface area contributed by atoms with E-state index in [1.165, 1.54) is 10.8 Å². The van der Waals surface area contributed by atoms with Crippen molar-refractivity contribution >= 4 is 5.69 Å². The second-order valence-electron chi connectivity index (χ2n) is 3.39. The number of aromatic amines is 1. The van der Waals surface area contributed by atoms with Gasteiger partial charge >= 0.3 is 5.69 Å².